The quantitative estimate of drug-likeness (QED) is 0.237. The van der Waals surface area contributed by atoms with E-state index in [2.05, 4.69) is 22.1 Å². The van der Waals surface area contributed by atoms with Crippen molar-refractivity contribution in [2.24, 2.45) is 0 Å². The number of carbonyl (C=O) groups is 2. The number of likely N-dealkylation sites (tertiary alicyclic amines) is 1. The summed E-state index contributed by atoms with van der Waals surface area (Å²) in [4.78, 5) is 31.1. The van der Waals surface area contributed by atoms with Crippen molar-refractivity contribution in [3.8, 4) is 5.75 Å². The van der Waals surface area contributed by atoms with E-state index >= 15 is 0 Å². The van der Waals surface area contributed by atoms with Crippen molar-refractivity contribution < 1.29 is 40.3 Å². The second kappa shape index (κ2) is 16.1. The summed E-state index contributed by atoms with van der Waals surface area (Å²) in [5, 5.41) is 2.89. The van der Waals surface area contributed by atoms with Crippen LogP contribution in [0.5, 0.6) is 5.75 Å². The number of rotatable bonds is 17. The van der Waals surface area contributed by atoms with Gasteiger partial charge in [-0.2, -0.15) is 21.6 Å². The highest BCUT2D eigenvalue weighted by Crippen LogP contribution is 2.27. The first-order valence-corrected chi connectivity index (χ1v) is 16.2. The number of aromatic nitrogens is 1. The first-order chi connectivity index (χ1) is 20.4. The van der Waals surface area contributed by atoms with Crippen LogP contribution in [0.25, 0.3) is 0 Å². The zero-order valence-corrected chi connectivity index (χ0v) is 25.5. The number of alkyl halides is 3. The Morgan fingerprint density at radius 3 is 2.60 bits per heavy atom. The van der Waals surface area contributed by atoms with E-state index in [4.69, 9.17) is 9.15 Å². The van der Waals surface area contributed by atoms with Crippen LogP contribution in [0.15, 0.2) is 28.9 Å². The molecule has 1 aliphatic heterocycles. The lowest BCUT2D eigenvalue weighted by Crippen LogP contribution is -2.40. The second-order valence-electron chi connectivity index (χ2n) is 10.7. The van der Waals surface area contributed by atoms with Crippen molar-refractivity contribution in [2.45, 2.75) is 95.6 Å². The molecule has 1 fully saturated rings. The maximum Gasteiger partial charge on any atom is 0.516 e. The van der Waals surface area contributed by atoms with Crippen molar-refractivity contribution in [1.29, 1.82) is 0 Å². The molecule has 2 amide bonds. The Morgan fingerprint density at radius 1 is 1.14 bits per heavy atom. The summed E-state index contributed by atoms with van der Waals surface area (Å²) in [7, 11) is -4.25. The van der Waals surface area contributed by atoms with Crippen LogP contribution in [-0.4, -0.2) is 61.9 Å². The smallest absolute Gasteiger partial charge is 0.497 e. The molecule has 1 aliphatic rings. The Balaban J connectivity index is 1.57. The second-order valence-corrected chi connectivity index (χ2v) is 12.4. The predicted molar refractivity (Wildman–Crippen MR) is 154 cm³/mol. The number of amides is 2. The average Bonchev–Trinajstić information content (AvgIpc) is 3.60. The fourth-order valence-electron chi connectivity index (χ4n) is 5.09. The summed E-state index contributed by atoms with van der Waals surface area (Å²) in [6.07, 6.45) is 10.0. The van der Waals surface area contributed by atoms with Gasteiger partial charge in [-0.25, -0.2) is 9.71 Å². The molecule has 1 saturated heterocycles. The number of sulfonamides is 1. The van der Waals surface area contributed by atoms with E-state index in [0.29, 0.717) is 36.7 Å². The van der Waals surface area contributed by atoms with Gasteiger partial charge in [-0.05, 0) is 55.5 Å². The molecule has 1 aromatic carbocycles. The fraction of sp³-hybridized carbons (Fsp3) is 0.621. The first-order valence-electron chi connectivity index (χ1n) is 14.7. The van der Waals surface area contributed by atoms with Gasteiger partial charge < -0.3 is 14.5 Å². The van der Waals surface area contributed by atoms with E-state index in [-0.39, 0.29) is 24.1 Å². The molecule has 0 spiro atoms. The lowest BCUT2D eigenvalue weighted by molar-refractivity contribution is -0.120. The summed E-state index contributed by atoms with van der Waals surface area (Å²) in [6.45, 7) is 4.00. The largest absolute Gasteiger partial charge is 0.516 e. The number of hydrogen-bond donors (Lipinski definition) is 2. The highest BCUT2D eigenvalue weighted by molar-refractivity contribution is 7.90. The molecule has 2 aromatic rings. The average molecular weight is 631 g/mol. The molecule has 0 aliphatic carbocycles. The van der Waals surface area contributed by atoms with Gasteiger partial charge >= 0.3 is 15.5 Å². The molecule has 1 atom stereocenters. The van der Waals surface area contributed by atoms with Crippen molar-refractivity contribution in [2.75, 3.05) is 20.2 Å². The van der Waals surface area contributed by atoms with Gasteiger partial charge in [-0.3, -0.25) is 14.5 Å². The SMILES string of the molecule is CCCCCCCCNC(=O)c1coc(CC2CCCN2Cc2cc(OC)ccc2CCC(=O)NS(=O)(=O)C(F)(F)F)n1. The van der Waals surface area contributed by atoms with Crippen molar-refractivity contribution >= 4 is 21.8 Å². The minimum absolute atomic E-state index is 0.0357. The third-order valence-corrected chi connectivity index (χ3v) is 8.58. The van der Waals surface area contributed by atoms with E-state index in [1.165, 1.54) is 32.6 Å². The van der Waals surface area contributed by atoms with Crippen LogP contribution in [0.4, 0.5) is 13.2 Å². The molecule has 1 aromatic heterocycles. The Kier molecular flexibility index (Phi) is 12.9. The van der Waals surface area contributed by atoms with Gasteiger partial charge in [0.2, 0.25) is 5.91 Å². The number of benzene rings is 1. The maximum absolute atomic E-state index is 12.6. The van der Waals surface area contributed by atoms with Crippen LogP contribution < -0.4 is 14.8 Å². The predicted octanol–water partition coefficient (Wildman–Crippen LogP) is 4.88. The van der Waals surface area contributed by atoms with Gasteiger partial charge in [0.05, 0.1) is 7.11 Å². The van der Waals surface area contributed by atoms with Gasteiger partial charge in [0.15, 0.2) is 11.6 Å². The highest BCUT2D eigenvalue weighted by atomic mass is 32.2. The number of oxazole rings is 1. The first kappa shape index (κ1) is 34.4. The maximum atomic E-state index is 12.6. The number of hydrogen-bond acceptors (Lipinski definition) is 8. The molecule has 3 rings (SSSR count). The number of aryl methyl sites for hydroxylation is 1. The van der Waals surface area contributed by atoms with Crippen LogP contribution in [0, 0.1) is 0 Å². The topological polar surface area (TPSA) is 131 Å². The van der Waals surface area contributed by atoms with Gasteiger partial charge in [-0.15, -0.1) is 0 Å². The minimum Gasteiger partial charge on any atom is -0.497 e. The molecule has 10 nitrogen and oxygen atoms in total. The Hall–Kier alpha value is -3.13. The fourth-order valence-corrected chi connectivity index (χ4v) is 5.61. The summed E-state index contributed by atoms with van der Waals surface area (Å²) in [5.74, 6) is -0.480. The van der Waals surface area contributed by atoms with Gasteiger partial charge in [-0.1, -0.05) is 45.1 Å². The van der Waals surface area contributed by atoms with Crippen LogP contribution in [0.2, 0.25) is 0 Å². The summed E-state index contributed by atoms with van der Waals surface area (Å²) >= 11 is 0. The normalized spacial score (nSPS) is 15.9. The number of methoxy groups -OCH3 is 1. The van der Waals surface area contributed by atoms with Crippen molar-refractivity contribution in [3.63, 3.8) is 0 Å². The molecule has 2 heterocycles. The lowest BCUT2D eigenvalue weighted by Gasteiger charge is -2.25. The zero-order valence-electron chi connectivity index (χ0n) is 24.7. The molecule has 2 N–H and O–H groups in total. The minimum atomic E-state index is -5.76. The van der Waals surface area contributed by atoms with E-state index in [1.54, 1.807) is 18.2 Å². The molecule has 1 unspecified atom stereocenters. The highest BCUT2D eigenvalue weighted by Gasteiger charge is 2.46. The monoisotopic (exact) mass is 630 g/mol. The third-order valence-electron chi connectivity index (χ3n) is 7.47. The van der Waals surface area contributed by atoms with E-state index in [1.807, 2.05) is 0 Å². The van der Waals surface area contributed by atoms with E-state index in [9.17, 15) is 31.2 Å². The standard InChI is InChI=1S/C29H41F3N4O6S/c1-3-4-5-6-7-8-15-33-28(38)25-20-42-27(34-25)18-23-10-9-16-36(23)19-22-17-24(41-2)13-11-21(22)12-14-26(37)35-43(39,40)29(30,31)32/h11,13,17,20,23H,3-10,12,14-16,18-19H2,1-2H3,(H,33,38)(H,35,37). The van der Waals surface area contributed by atoms with E-state index < -0.39 is 27.9 Å². The number of nitrogens with one attached hydrogen (secondary N) is 2. The van der Waals surface area contributed by atoms with Gasteiger partial charge in [0.25, 0.3) is 5.91 Å². The van der Waals surface area contributed by atoms with Crippen molar-refractivity contribution in [3.05, 3.63) is 47.2 Å². The number of ether oxygens (including phenoxy) is 1. The molecule has 0 radical (unpaired) electrons. The van der Waals surface area contributed by atoms with Crippen LogP contribution >= 0.6 is 0 Å². The van der Waals surface area contributed by atoms with Gasteiger partial charge in [0.1, 0.15) is 12.0 Å². The lowest BCUT2D eigenvalue weighted by atomic mass is 10.0. The zero-order chi connectivity index (χ0) is 31.5. The Labute approximate surface area is 250 Å². The summed E-state index contributed by atoms with van der Waals surface area (Å²) in [6, 6.07) is 5.26. The summed E-state index contributed by atoms with van der Waals surface area (Å²) in [5.41, 5.74) is -3.84. The van der Waals surface area contributed by atoms with Crippen LogP contribution in [0.1, 0.15) is 92.2 Å². The molecule has 240 valence electrons. The number of unbranched alkanes of at least 4 members (excludes halogenated alkanes) is 5. The molecule has 14 heteroatoms. The number of nitrogens with zero attached hydrogens (tertiary/aromatic N) is 2. The molecular formula is C29H41F3N4O6S. The summed E-state index contributed by atoms with van der Waals surface area (Å²) < 4.78 is 72.4. The Bertz CT molecular complexity index is 1320. The molecule has 0 bridgehead atoms. The third kappa shape index (κ3) is 10.5. The van der Waals surface area contributed by atoms with Gasteiger partial charge in [0, 0.05) is 32.0 Å². The Morgan fingerprint density at radius 2 is 1.88 bits per heavy atom. The van der Waals surface area contributed by atoms with Crippen LogP contribution in [0.3, 0.4) is 0 Å². The molecule has 0 saturated carbocycles. The van der Waals surface area contributed by atoms with Crippen molar-refractivity contribution in [1.82, 2.24) is 19.9 Å². The van der Waals surface area contributed by atoms with E-state index in [0.717, 1.165) is 48.9 Å². The number of carbonyl (C=O) groups excluding carboxylic acids is 2. The molecule has 43 heavy (non-hydrogen) atoms. The molecular weight excluding hydrogens is 589 g/mol. The van der Waals surface area contributed by atoms with Crippen LogP contribution in [-0.2, 0) is 34.2 Å². The number of halogens is 3.